The fourth-order valence-corrected chi connectivity index (χ4v) is 12.5. The Morgan fingerprint density at radius 2 is 0.606 bits per heavy atom. The van der Waals surface area contributed by atoms with Gasteiger partial charge in [-0.3, -0.25) is 0 Å². The first kappa shape index (κ1) is 47.0. The van der Waals surface area contributed by atoms with Crippen LogP contribution in [0.25, 0.3) is 0 Å². The molecule has 6 aliphatic rings. The summed E-state index contributed by atoms with van der Waals surface area (Å²) < 4.78 is 14.6. The summed E-state index contributed by atoms with van der Waals surface area (Å²) in [7, 11) is 0. The van der Waals surface area contributed by atoms with Crippen LogP contribution in [0.2, 0.25) is 0 Å². The van der Waals surface area contributed by atoms with Crippen molar-refractivity contribution in [2.75, 3.05) is 78.5 Å². The zero-order valence-electron chi connectivity index (χ0n) is 41.6. The molecule has 4 bridgehead atoms. The summed E-state index contributed by atoms with van der Waals surface area (Å²) in [5.74, 6) is 0. The van der Waals surface area contributed by atoms with E-state index in [2.05, 4.69) is 142 Å². The van der Waals surface area contributed by atoms with E-state index in [9.17, 15) is 0 Å². The number of aromatic nitrogens is 4. The van der Waals surface area contributed by atoms with Crippen molar-refractivity contribution in [3.8, 4) is 0 Å². The largest absolute Gasteiger partial charge is 0.306 e. The summed E-state index contributed by atoms with van der Waals surface area (Å²) in [4.78, 5) is 0. The van der Waals surface area contributed by atoms with Crippen molar-refractivity contribution < 1.29 is 27.1 Å². The van der Waals surface area contributed by atoms with E-state index in [0.717, 1.165) is 26.2 Å². The van der Waals surface area contributed by atoms with Crippen molar-refractivity contribution in [3.05, 3.63) is 144 Å². The molecule has 6 fully saturated rings. The Morgan fingerprint density at radius 3 is 0.894 bits per heavy atom. The maximum Gasteiger partial charge on any atom is 0.244 e. The topological polar surface area (TPSA) is 17.6 Å². The second-order valence-corrected chi connectivity index (χ2v) is 22.3. The third-order valence-electron chi connectivity index (χ3n) is 17.2. The Bertz CT molecular complexity index is 2030. The van der Waals surface area contributed by atoms with Gasteiger partial charge in [0.15, 0.2) is 0 Å². The molecule has 354 valence electrons. The predicted molar refractivity (Wildman–Crippen MR) is 268 cm³/mol. The van der Waals surface area contributed by atoms with Crippen LogP contribution < -0.4 is 9.13 Å². The molecule has 11 rings (SSSR count). The average molecular weight is 897 g/mol. The monoisotopic (exact) mass is 897 g/mol. The highest BCUT2D eigenvalue weighted by Gasteiger charge is 2.50. The standard InChI is InChI=1S/C58H88N8/c1-3-5-7-9-11-13-27-59-29-31-61(51-59)45-53-15-19-55(20-16-53)47-63-33-39-65(40-34-63,41-35-63)49-57-23-25-58(26-24-57)50-66-42-36-64(37-43-66,38-44-66)48-56-21-17-54(18-22-56)46-62-32-30-60(52-62)28-14-12-10-8-6-4-2/h15-26,29-32,51-52H,3-14,27-28,33-50H2,1-2H3/q+6. The number of hydrogen-bond acceptors (Lipinski definition) is 0. The molecule has 0 spiro atoms. The van der Waals surface area contributed by atoms with Crippen LogP contribution in [-0.4, -0.2) is 106 Å². The molecule has 66 heavy (non-hydrogen) atoms. The molecule has 8 heteroatoms. The molecule has 3 aromatic carbocycles. The van der Waals surface area contributed by atoms with E-state index in [-0.39, 0.29) is 0 Å². The van der Waals surface area contributed by atoms with Crippen LogP contribution in [0.4, 0.5) is 0 Å². The van der Waals surface area contributed by atoms with Crippen LogP contribution in [0.1, 0.15) is 124 Å². The van der Waals surface area contributed by atoms with Gasteiger partial charge in [-0.2, -0.15) is 0 Å². The number of quaternary nitrogens is 4. The van der Waals surface area contributed by atoms with Crippen molar-refractivity contribution in [1.29, 1.82) is 0 Å². The van der Waals surface area contributed by atoms with Crippen molar-refractivity contribution in [2.45, 2.75) is 143 Å². The lowest BCUT2D eigenvalue weighted by molar-refractivity contribution is -1.09. The lowest BCUT2D eigenvalue weighted by Gasteiger charge is -2.56. The number of unbranched alkanes of at least 4 members (excludes halogenated alkanes) is 10. The highest BCUT2D eigenvalue weighted by molar-refractivity contribution is 5.23. The molecule has 0 amide bonds. The van der Waals surface area contributed by atoms with E-state index >= 15 is 0 Å². The summed E-state index contributed by atoms with van der Waals surface area (Å²) in [5, 5.41) is 0. The molecule has 0 saturated carbocycles. The van der Waals surface area contributed by atoms with Crippen LogP contribution in [0.5, 0.6) is 0 Å². The maximum absolute atomic E-state index is 2.50. The van der Waals surface area contributed by atoms with Crippen molar-refractivity contribution in [1.82, 2.24) is 9.13 Å². The molecule has 0 aliphatic carbocycles. The van der Waals surface area contributed by atoms with Crippen LogP contribution in [0.3, 0.4) is 0 Å². The first-order chi connectivity index (χ1) is 32.3. The van der Waals surface area contributed by atoms with Gasteiger partial charge < -0.3 is 17.9 Å². The van der Waals surface area contributed by atoms with Gasteiger partial charge in [-0.15, -0.1) is 0 Å². The molecular formula is C58H88N8+6. The molecule has 6 aliphatic heterocycles. The first-order valence-electron chi connectivity index (χ1n) is 27.1. The van der Waals surface area contributed by atoms with Gasteiger partial charge in [-0.1, -0.05) is 138 Å². The fraction of sp³-hybridized carbons (Fsp3) is 0.586. The maximum atomic E-state index is 2.50. The SMILES string of the molecule is CCCCCCCCn1cc[n+](Cc2ccc(C[N+]34CC[N+](Cc5ccc(C[N+]67CC[N+](Cc8ccc(C[n+]9ccn(CCCCCCCC)c9)cc8)(CC6)CC7)cc5)(CC3)CC4)cc2)c1. The Kier molecular flexibility index (Phi) is 15.6. The Balaban J connectivity index is 0.682. The smallest absolute Gasteiger partial charge is 0.244 e. The number of fused-ring (bicyclic) bond motifs is 6. The summed E-state index contributed by atoms with van der Waals surface area (Å²) >= 11 is 0. The third-order valence-corrected chi connectivity index (χ3v) is 17.2. The molecule has 8 nitrogen and oxygen atoms in total. The number of nitrogens with zero attached hydrogens (tertiary/aromatic N) is 8. The van der Waals surface area contributed by atoms with E-state index in [0.29, 0.717) is 0 Å². The van der Waals surface area contributed by atoms with Crippen molar-refractivity contribution >= 4 is 0 Å². The molecule has 0 radical (unpaired) electrons. The number of rotatable bonds is 26. The number of piperazine rings is 6. The zero-order chi connectivity index (χ0) is 45.1. The summed E-state index contributed by atoms with van der Waals surface area (Å²) in [5.41, 5.74) is 8.93. The van der Waals surface area contributed by atoms with Gasteiger partial charge in [-0.05, 0) is 36.8 Å². The van der Waals surface area contributed by atoms with Gasteiger partial charge >= 0.3 is 0 Å². The molecule has 8 heterocycles. The minimum Gasteiger partial charge on any atom is -0.306 e. The van der Waals surface area contributed by atoms with Gasteiger partial charge in [-0.25, -0.2) is 18.3 Å². The van der Waals surface area contributed by atoms with E-state index in [1.54, 1.807) is 11.1 Å². The van der Waals surface area contributed by atoms with Gasteiger partial charge in [0.05, 0.1) is 13.1 Å². The van der Waals surface area contributed by atoms with Crippen LogP contribution in [-0.2, 0) is 52.4 Å². The lowest BCUT2D eigenvalue weighted by atomic mass is 10.0. The molecule has 0 unspecified atom stereocenters. The number of aryl methyl sites for hydroxylation is 2. The first-order valence-corrected chi connectivity index (χ1v) is 27.1. The summed E-state index contributed by atoms with van der Waals surface area (Å²) in [6.07, 6.45) is 29.8. The van der Waals surface area contributed by atoms with Crippen molar-refractivity contribution in [2.24, 2.45) is 0 Å². The van der Waals surface area contributed by atoms with Gasteiger partial charge in [0.2, 0.25) is 12.7 Å². The third kappa shape index (κ3) is 12.3. The normalized spacial score (nSPS) is 24.6. The van der Waals surface area contributed by atoms with Crippen LogP contribution >= 0.6 is 0 Å². The van der Waals surface area contributed by atoms with Gasteiger partial charge in [0.25, 0.3) is 0 Å². The molecule has 0 N–H and O–H groups in total. The summed E-state index contributed by atoms with van der Waals surface area (Å²) in [6.45, 7) is 29.4. The molecule has 0 atom stereocenters. The average Bonchev–Trinajstić information content (AvgIpc) is 4.00. The lowest BCUT2D eigenvalue weighted by Crippen LogP contribution is -2.74. The zero-order valence-corrected chi connectivity index (χ0v) is 41.6. The number of hydrogen-bond donors (Lipinski definition) is 0. The minimum absolute atomic E-state index is 0.955. The molecule has 2 aromatic heterocycles. The van der Waals surface area contributed by atoms with Gasteiger partial charge in [0, 0.05) is 22.3 Å². The van der Waals surface area contributed by atoms with E-state index < -0.39 is 0 Å². The van der Waals surface area contributed by atoms with E-state index in [4.69, 9.17) is 0 Å². The highest BCUT2D eigenvalue weighted by atomic mass is 15.5. The minimum atomic E-state index is 0.955. The quantitative estimate of drug-likeness (QED) is 0.0300. The Labute approximate surface area is 400 Å². The van der Waals surface area contributed by atoms with E-state index in [1.807, 2.05) is 0 Å². The number of benzene rings is 3. The predicted octanol–water partition coefficient (Wildman–Crippen LogP) is 9.40. The van der Waals surface area contributed by atoms with Gasteiger partial charge in [0.1, 0.15) is 143 Å². The summed E-state index contributed by atoms with van der Waals surface area (Å²) in [6, 6.07) is 29.2. The molecule has 5 aromatic rings. The Hall–Kier alpha value is -4.08. The van der Waals surface area contributed by atoms with Crippen LogP contribution in [0, 0.1) is 0 Å². The fourth-order valence-electron chi connectivity index (χ4n) is 12.5. The molecular weight excluding hydrogens is 809 g/mol. The number of imidazole rings is 2. The van der Waals surface area contributed by atoms with Crippen LogP contribution in [0.15, 0.2) is 110 Å². The molecule has 6 saturated heterocycles. The highest BCUT2D eigenvalue weighted by Crippen LogP contribution is 2.33. The Morgan fingerprint density at radius 1 is 0.348 bits per heavy atom. The van der Waals surface area contributed by atoms with Crippen molar-refractivity contribution in [3.63, 3.8) is 0 Å². The second kappa shape index (κ2) is 21.9. The second-order valence-electron chi connectivity index (χ2n) is 22.3. The van der Waals surface area contributed by atoms with E-state index in [1.165, 1.54) is 222 Å².